The van der Waals surface area contributed by atoms with Gasteiger partial charge in [-0.05, 0) is 32.0 Å². The minimum Gasteiger partial charge on any atom is -0.494 e. The minimum atomic E-state index is -0.125. The summed E-state index contributed by atoms with van der Waals surface area (Å²) < 4.78 is 6.92. The number of benzene rings is 1. The molecule has 0 amide bonds. The Morgan fingerprint density at radius 2 is 2.10 bits per heavy atom. The van der Waals surface area contributed by atoms with Crippen molar-refractivity contribution in [2.75, 3.05) is 6.61 Å². The van der Waals surface area contributed by atoms with Gasteiger partial charge in [-0.25, -0.2) is 4.68 Å². The highest BCUT2D eigenvalue weighted by Gasteiger charge is 2.08. The van der Waals surface area contributed by atoms with E-state index in [1.165, 1.54) is 4.68 Å². The molecule has 106 valence electrons. The van der Waals surface area contributed by atoms with Crippen molar-refractivity contribution in [3.63, 3.8) is 0 Å². The van der Waals surface area contributed by atoms with Gasteiger partial charge >= 0.3 is 0 Å². The summed E-state index contributed by atoms with van der Waals surface area (Å²) in [5.41, 5.74) is 7.72. The first kappa shape index (κ1) is 14.3. The molecule has 5 heteroatoms. The Morgan fingerprint density at radius 3 is 2.75 bits per heavy atom. The minimum absolute atomic E-state index is 0.125. The summed E-state index contributed by atoms with van der Waals surface area (Å²) in [6.07, 6.45) is 0. The second-order valence-electron chi connectivity index (χ2n) is 4.34. The van der Waals surface area contributed by atoms with Crippen molar-refractivity contribution in [3.05, 3.63) is 46.2 Å². The SMILES string of the molecule is CCOc1cccc(-c2cc(CN)c(=O)n(CC)n2)c1. The van der Waals surface area contributed by atoms with E-state index in [4.69, 9.17) is 10.5 Å². The zero-order valence-electron chi connectivity index (χ0n) is 11.8. The Labute approximate surface area is 118 Å². The summed E-state index contributed by atoms with van der Waals surface area (Å²) >= 11 is 0. The Hall–Kier alpha value is -2.14. The van der Waals surface area contributed by atoms with Gasteiger partial charge in [0.25, 0.3) is 5.56 Å². The third kappa shape index (κ3) is 2.88. The van der Waals surface area contributed by atoms with Crippen LogP contribution in [0.3, 0.4) is 0 Å². The lowest BCUT2D eigenvalue weighted by Crippen LogP contribution is -2.27. The molecule has 0 aliphatic heterocycles. The third-order valence-electron chi connectivity index (χ3n) is 3.01. The zero-order valence-corrected chi connectivity index (χ0v) is 11.8. The maximum Gasteiger partial charge on any atom is 0.271 e. The third-order valence-corrected chi connectivity index (χ3v) is 3.01. The summed E-state index contributed by atoms with van der Waals surface area (Å²) in [6.45, 7) is 5.16. The average molecular weight is 273 g/mol. The Bertz CT molecular complexity index is 622. The monoisotopic (exact) mass is 273 g/mol. The molecule has 0 fully saturated rings. The summed E-state index contributed by atoms with van der Waals surface area (Å²) in [4.78, 5) is 12.0. The lowest BCUT2D eigenvalue weighted by Gasteiger charge is -2.09. The molecule has 1 aromatic heterocycles. The van der Waals surface area contributed by atoms with Gasteiger partial charge in [0, 0.05) is 24.2 Å². The van der Waals surface area contributed by atoms with Gasteiger partial charge in [0.2, 0.25) is 0 Å². The first-order valence-corrected chi connectivity index (χ1v) is 6.74. The second-order valence-corrected chi connectivity index (χ2v) is 4.34. The van der Waals surface area contributed by atoms with Gasteiger partial charge < -0.3 is 10.5 Å². The standard InChI is InChI=1S/C15H19N3O2/c1-3-18-15(19)12(10-16)9-14(17-18)11-6-5-7-13(8-11)20-4-2/h5-9H,3-4,10,16H2,1-2H3. The van der Waals surface area contributed by atoms with Crippen molar-refractivity contribution < 1.29 is 4.74 Å². The van der Waals surface area contributed by atoms with Crippen LogP contribution in [0.25, 0.3) is 11.3 Å². The quantitative estimate of drug-likeness (QED) is 0.901. The van der Waals surface area contributed by atoms with Crippen LogP contribution in [0.2, 0.25) is 0 Å². The predicted molar refractivity (Wildman–Crippen MR) is 78.7 cm³/mol. The fourth-order valence-corrected chi connectivity index (χ4v) is 2.01. The van der Waals surface area contributed by atoms with Crippen LogP contribution in [0.5, 0.6) is 5.75 Å². The van der Waals surface area contributed by atoms with E-state index in [1.54, 1.807) is 6.07 Å². The fraction of sp³-hybridized carbons (Fsp3) is 0.333. The molecule has 0 aliphatic rings. The average Bonchev–Trinajstić information content (AvgIpc) is 2.48. The molecule has 0 atom stereocenters. The van der Waals surface area contributed by atoms with E-state index in [-0.39, 0.29) is 12.1 Å². The second kappa shape index (κ2) is 6.34. The molecule has 5 nitrogen and oxygen atoms in total. The van der Waals surface area contributed by atoms with Crippen LogP contribution in [-0.2, 0) is 13.1 Å². The van der Waals surface area contributed by atoms with Gasteiger partial charge in [-0.1, -0.05) is 12.1 Å². The molecule has 2 rings (SSSR count). The number of nitrogens with two attached hydrogens (primary N) is 1. The first-order chi connectivity index (χ1) is 9.69. The van der Waals surface area contributed by atoms with Gasteiger partial charge in [0.15, 0.2) is 0 Å². The Morgan fingerprint density at radius 1 is 1.30 bits per heavy atom. The summed E-state index contributed by atoms with van der Waals surface area (Å²) in [5.74, 6) is 0.787. The van der Waals surface area contributed by atoms with Crippen LogP contribution < -0.4 is 16.0 Å². The lowest BCUT2D eigenvalue weighted by molar-refractivity contribution is 0.340. The topological polar surface area (TPSA) is 70.1 Å². The van der Waals surface area contributed by atoms with Crippen molar-refractivity contribution in [2.45, 2.75) is 26.9 Å². The molecule has 0 saturated carbocycles. The number of aryl methyl sites for hydroxylation is 1. The smallest absolute Gasteiger partial charge is 0.271 e. The van der Waals surface area contributed by atoms with E-state index in [2.05, 4.69) is 5.10 Å². The van der Waals surface area contributed by atoms with Crippen molar-refractivity contribution >= 4 is 0 Å². The molecule has 1 aromatic carbocycles. The van der Waals surface area contributed by atoms with E-state index in [0.29, 0.717) is 18.7 Å². The number of ether oxygens (including phenoxy) is 1. The zero-order chi connectivity index (χ0) is 14.5. The van der Waals surface area contributed by atoms with Gasteiger partial charge in [-0.15, -0.1) is 0 Å². The Kier molecular flexibility index (Phi) is 4.53. The number of aromatic nitrogens is 2. The van der Waals surface area contributed by atoms with Crippen molar-refractivity contribution in [1.29, 1.82) is 0 Å². The van der Waals surface area contributed by atoms with Crippen molar-refractivity contribution in [2.24, 2.45) is 5.73 Å². The van der Waals surface area contributed by atoms with E-state index in [1.807, 2.05) is 38.1 Å². The number of rotatable bonds is 5. The largest absolute Gasteiger partial charge is 0.494 e. The molecule has 0 bridgehead atoms. The molecule has 0 unspecified atom stereocenters. The van der Waals surface area contributed by atoms with Gasteiger partial charge in [-0.2, -0.15) is 5.10 Å². The fourth-order valence-electron chi connectivity index (χ4n) is 2.01. The maximum absolute atomic E-state index is 12.0. The molecular weight excluding hydrogens is 254 g/mol. The highest BCUT2D eigenvalue weighted by Crippen LogP contribution is 2.22. The lowest BCUT2D eigenvalue weighted by atomic mass is 10.1. The first-order valence-electron chi connectivity index (χ1n) is 6.74. The normalized spacial score (nSPS) is 10.6. The van der Waals surface area contributed by atoms with Crippen LogP contribution in [0.1, 0.15) is 19.4 Å². The van der Waals surface area contributed by atoms with Crippen LogP contribution in [0.15, 0.2) is 35.1 Å². The maximum atomic E-state index is 12.0. The Balaban J connectivity index is 2.52. The van der Waals surface area contributed by atoms with Gasteiger partial charge in [0.05, 0.1) is 12.3 Å². The van der Waals surface area contributed by atoms with Crippen LogP contribution >= 0.6 is 0 Å². The molecule has 20 heavy (non-hydrogen) atoms. The van der Waals surface area contributed by atoms with Crippen LogP contribution in [-0.4, -0.2) is 16.4 Å². The predicted octanol–water partition coefficient (Wildman–Crippen LogP) is 1.79. The molecule has 0 aliphatic carbocycles. The van der Waals surface area contributed by atoms with E-state index < -0.39 is 0 Å². The van der Waals surface area contributed by atoms with Gasteiger partial charge in [-0.3, -0.25) is 4.79 Å². The molecule has 2 N–H and O–H groups in total. The van der Waals surface area contributed by atoms with E-state index in [9.17, 15) is 4.79 Å². The summed E-state index contributed by atoms with van der Waals surface area (Å²) in [7, 11) is 0. The van der Waals surface area contributed by atoms with Crippen LogP contribution in [0.4, 0.5) is 0 Å². The number of hydrogen-bond donors (Lipinski definition) is 1. The molecule has 2 aromatic rings. The summed E-state index contributed by atoms with van der Waals surface area (Å²) in [6, 6.07) is 9.41. The molecular formula is C15H19N3O2. The number of nitrogens with zero attached hydrogens (tertiary/aromatic N) is 2. The highest BCUT2D eigenvalue weighted by atomic mass is 16.5. The van der Waals surface area contributed by atoms with E-state index >= 15 is 0 Å². The van der Waals surface area contributed by atoms with Crippen LogP contribution in [0, 0.1) is 0 Å². The summed E-state index contributed by atoms with van der Waals surface area (Å²) in [5, 5.41) is 4.36. The van der Waals surface area contributed by atoms with Crippen molar-refractivity contribution in [1.82, 2.24) is 9.78 Å². The molecule has 1 heterocycles. The number of hydrogen-bond acceptors (Lipinski definition) is 4. The highest BCUT2D eigenvalue weighted by molar-refractivity contribution is 5.61. The molecule has 0 saturated heterocycles. The molecule has 0 radical (unpaired) electrons. The van der Waals surface area contributed by atoms with Crippen molar-refractivity contribution in [3.8, 4) is 17.0 Å². The van der Waals surface area contributed by atoms with E-state index in [0.717, 1.165) is 17.0 Å². The van der Waals surface area contributed by atoms with Gasteiger partial charge in [0.1, 0.15) is 5.75 Å². The molecule has 0 spiro atoms.